The van der Waals surface area contributed by atoms with Crippen molar-refractivity contribution in [2.45, 2.75) is 36.3 Å². The third-order valence-electron chi connectivity index (χ3n) is 3.77. The number of benzene rings is 1. The molecule has 0 aromatic heterocycles. The molecule has 0 radical (unpaired) electrons. The predicted octanol–water partition coefficient (Wildman–Crippen LogP) is 4.56. The molecule has 0 aliphatic carbocycles. The molecule has 2 nitrogen and oxygen atoms in total. The maximum Gasteiger partial charge on any atom is 0.184 e. The van der Waals surface area contributed by atoms with Gasteiger partial charge >= 0.3 is 0 Å². The first kappa shape index (κ1) is 15.3. The normalized spacial score (nSPS) is 23.7. The molecule has 1 aromatic carbocycles. The molecule has 1 unspecified atom stereocenters. The first-order valence-electron chi connectivity index (χ1n) is 7.03. The highest BCUT2D eigenvalue weighted by Gasteiger charge is 2.34. The van der Waals surface area contributed by atoms with Crippen LogP contribution in [0.25, 0.3) is 0 Å². The summed E-state index contributed by atoms with van der Waals surface area (Å²) in [7, 11) is -3.01. The fourth-order valence-electron chi connectivity index (χ4n) is 2.52. The highest BCUT2D eigenvalue weighted by atomic mass is 32.3. The van der Waals surface area contributed by atoms with Gasteiger partial charge in [0.1, 0.15) is 4.24 Å². The van der Waals surface area contributed by atoms with E-state index >= 15 is 0 Å². The summed E-state index contributed by atoms with van der Waals surface area (Å²) < 4.78 is 24.6. The van der Waals surface area contributed by atoms with Gasteiger partial charge in [-0.2, -0.15) is 0 Å². The summed E-state index contributed by atoms with van der Waals surface area (Å²) in [6.07, 6.45) is 2.79. The topological polar surface area (TPSA) is 34.1 Å². The van der Waals surface area contributed by atoms with Gasteiger partial charge in [0, 0.05) is 4.90 Å². The smallest absolute Gasteiger partial charge is 0.184 e. The van der Waals surface area contributed by atoms with E-state index in [0.717, 1.165) is 5.57 Å². The summed E-state index contributed by atoms with van der Waals surface area (Å²) in [6, 6.07) is 8.60. The number of hydrogen-bond acceptors (Lipinski definition) is 4. The van der Waals surface area contributed by atoms with Gasteiger partial charge in [0.05, 0.1) is 11.0 Å². The second kappa shape index (κ2) is 5.86. The molecular formula is C16H18O2S3. The lowest BCUT2D eigenvalue weighted by Crippen LogP contribution is -2.06. The zero-order valence-corrected chi connectivity index (χ0v) is 14.5. The fourth-order valence-corrected chi connectivity index (χ4v) is 6.94. The van der Waals surface area contributed by atoms with Crippen molar-refractivity contribution in [3.05, 3.63) is 51.1 Å². The second-order valence-electron chi connectivity index (χ2n) is 5.59. The monoisotopic (exact) mass is 338 g/mol. The van der Waals surface area contributed by atoms with Crippen LogP contribution in [-0.2, 0) is 9.84 Å². The molecule has 5 heteroatoms. The molecule has 0 N–H and O–H groups in total. The number of thioether (sulfide) groups is 2. The molecule has 0 bridgehead atoms. The Balaban J connectivity index is 1.82. The van der Waals surface area contributed by atoms with Gasteiger partial charge in [-0.05, 0) is 41.0 Å². The van der Waals surface area contributed by atoms with Crippen LogP contribution in [-0.4, -0.2) is 19.4 Å². The maximum atomic E-state index is 12.0. The van der Waals surface area contributed by atoms with Crippen LogP contribution in [0.1, 0.15) is 31.7 Å². The van der Waals surface area contributed by atoms with Crippen molar-refractivity contribution in [3.8, 4) is 0 Å². The molecule has 0 spiro atoms. The van der Waals surface area contributed by atoms with E-state index in [0.29, 0.717) is 16.6 Å². The van der Waals surface area contributed by atoms with E-state index < -0.39 is 9.84 Å². The highest BCUT2D eigenvalue weighted by Crippen LogP contribution is 2.45. The lowest BCUT2D eigenvalue weighted by atomic mass is 10.0. The largest absolute Gasteiger partial charge is 0.223 e. The summed E-state index contributed by atoms with van der Waals surface area (Å²) in [5, 5.41) is 2.07. The third-order valence-corrected chi connectivity index (χ3v) is 8.40. The zero-order valence-electron chi connectivity index (χ0n) is 12.1. The number of hydrogen-bond donors (Lipinski definition) is 0. The van der Waals surface area contributed by atoms with Crippen molar-refractivity contribution >= 4 is 33.4 Å². The van der Waals surface area contributed by atoms with Crippen LogP contribution in [0.15, 0.2) is 50.5 Å². The van der Waals surface area contributed by atoms with E-state index in [4.69, 9.17) is 0 Å². The van der Waals surface area contributed by atoms with Crippen LogP contribution < -0.4 is 0 Å². The highest BCUT2D eigenvalue weighted by molar-refractivity contribution is 8.20. The van der Waals surface area contributed by atoms with Gasteiger partial charge in [-0.3, -0.25) is 0 Å². The Labute approximate surface area is 135 Å². The Bertz CT molecular complexity index is 698. The SMILES string of the molecule is CC(C)c1ccc(SC2C=CSC3=C2CCS3(=O)=O)cc1. The molecule has 2 aliphatic rings. The van der Waals surface area contributed by atoms with E-state index in [1.165, 1.54) is 22.2 Å². The van der Waals surface area contributed by atoms with Crippen molar-refractivity contribution in [2.75, 3.05) is 5.75 Å². The van der Waals surface area contributed by atoms with Gasteiger partial charge < -0.3 is 0 Å². The Kier molecular flexibility index (Phi) is 4.26. The summed E-state index contributed by atoms with van der Waals surface area (Å²) in [5.41, 5.74) is 2.41. The van der Waals surface area contributed by atoms with Gasteiger partial charge in [0.15, 0.2) is 9.84 Å². The molecule has 0 saturated carbocycles. The van der Waals surface area contributed by atoms with Crippen molar-refractivity contribution in [2.24, 2.45) is 0 Å². The minimum Gasteiger partial charge on any atom is -0.223 e. The van der Waals surface area contributed by atoms with Crippen molar-refractivity contribution < 1.29 is 8.42 Å². The summed E-state index contributed by atoms with van der Waals surface area (Å²) >= 11 is 3.10. The minimum absolute atomic E-state index is 0.156. The average Bonchev–Trinajstić information content (AvgIpc) is 2.76. The van der Waals surface area contributed by atoms with Crippen LogP contribution in [0.4, 0.5) is 0 Å². The number of rotatable bonds is 3. The molecule has 21 heavy (non-hydrogen) atoms. The first-order valence-corrected chi connectivity index (χ1v) is 10.4. The fraction of sp³-hybridized carbons (Fsp3) is 0.375. The maximum absolute atomic E-state index is 12.0. The van der Waals surface area contributed by atoms with Crippen LogP contribution in [0.5, 0.6) is 0 Å². The van der Waals surface area contributed by atoms with Crippen molar-refractivity contribution in [1.29, 1.82) is 0 Å². The van der Waals surface area contributed by atoms with Crippen LogP contribution in [0.3, 0.4) is 0 Å². The lowest BCUT2D eigenvalue weighted by Gasteiger charge is -2.18. The van der Waals surface area contributed by atoms with E-state index in [1.54, 1.807) is 11.8 Å². The van der Waals surface area contributed by atoms with Crippen LogP contribution >= 0.6 is 23.5 Å². The van der Waals surface area contributed by atoms with Crippen LogP contribution in [0.2, 0.25) is 0 Å². The van der Waals surface area contributed by atoms with E-state index in [2.05, 4.69) is 44.2 Å². The zero-order chi connectivity index (χ0) is 15.0. The molecular weight excluding hydrogens is 320 g/mol. The standard InChI is InChI=1S/C16H18O2S3/c1-11(2)12-3-5-13(6-4-12)20-15-7-9-19-16-14(15)8-10-21(16,17)18/h3-7,9,11,15H,8,10H2,1-2H3. The summed E-state index contributed by atoms with van der Waals surface area (Å²) in [4.78, 5) is 1.19. The second-order valence-corrected chi connectivity index (χ2v) is 10.0. The van der Waals surface area contributed by atoms with Gasteiger partial charge in [0.2, 0.25) is 0 Å². The van der Waals surface area contributed by atoms with E-state index in [1.807, 2.05) is 5.41 Å². The Morgan fingerprint density at radius 1 is 1.24 bits per heavy atom. The molecule has 1 aromatic rings. The first-order chi connectivity index (χ1) is 9.97. The lowest BCUT2D eigenvalue weighted by molar-refractivity contribution is 0.606. The average molecular weight is 339 g/mol. The predicted molar refractivity (Wildman–Crippen MR) is 92.3 cm³/mol. The Morgan fingerprint density at radius 2 is 1.95 bits per heavy atom. The van der Waals surface area contributed by atoms with E-state index in [9.17, 15) is 8.42 Å². The molecule has 3 rings (SSSR count). The number of sulfone groups is 1. The van der Waals surface area contributed by atoms with Crippen molar-refractivity contribution in [3.63, 3.8) is 0 Å². The molecule has 1 atom stereocenters. The molecule has 2 aliphatic heterocycles. The third kappa shape index (κ3) is 3.10. The summed E-state index contributed by atoms with van der Waals surface area (Å²) in [6.45, 7) is 4.37. The van der Waals surface area contributed by atoms with Gasteiger partial charge in [-0.15, -0.1) is 11.8 Å². The van der Waals surface area contributed by atoms with Crippen LogP contribution in [0, 0.1) is 0 Å². The Hall–Kier alpha value is -0.650. The molecule has 112 valence electrons. The molecule has 0 saturated heterocycles. The molecule has 2 heterocycles. The minimum atomic E-state index is -3.01. The molecule has 0 fully saturated rings. The van der Waals surface area contributed by atoms with Gasteiger partial charge in [-0.1, -0.05) is 43.8 Å². The van der Waals surface area contributed by atoms with E-state index in [-0.39, 0.29) is 11.0 Å². The van der Waals surface area contributed by atoms with Gasteiger partial charge in [0.25, 0.3) is 0 Å². The Morgan fingerprint density at radius 3 is 2.62 bits per heavy atom. The van der Waals surface area contributed by atoms with Crippen molar-refractivity contribution in [1.82, 2.24) is 0 Å². The van der Waals surface area contributed by atoms with Gasteiger partial charge in [-0.25, -0.2) is 8.42 Å². The summed E-state index contributed by atoms with van der Waals surface area (Å²) in [5.74, 6) is 0.805. The molecule has 0 amide bonds. The quantitative estimate of drug-likeness (QED) is 0.809.